The molecule has 0 aromatic heterocycles. The summed E-state index contributed by atoms with van der Waals surface area (Å²) in [4.78, 5) is 7.66. The van der Waals surface area contributed by atoms with E-state index in [-0.39, 0.29) is 0 Å². The molecule has 0 amide bonds. The van der Waals surface area contributed by atoms with Gasteiger partial charge in [0, 0.05) is 19.1 Å². The van der Waals surface area contributed by atoms with E-state index in [1.54, 1.807) is 0 Å². The topological polar surface area (TPSA) is 9.72 Å². The van der Waals surface area contributed by atoms with Gasteiger partial charge in [-0.1, -0.05) is 13.8 Å². The van der Waals surface area contributed by atoms with Crippen LogP contribution in [0, 0.1) is 0 Å². The molecular weight excluding hydrogens is 210 g/mol. The van der Waals surface area contributed by atoms with Gasteiger partial charge in [-0.3, -0.25) is 4.90 Å². The predicted octanol–water partition coefficient (Wildman–Crippen LogP) is 1.74. The molecule has 2 aliphatic rings. The van der Waals surface area contributed by atoms with Gasteiger partial charge in [0.25, 0.3) is 0 Å². The van der Waals surface area contributed by atoms with Crippen LogP contribution < -0.4 is 0 Å². The van der Waals surface area contributed by atoms with Gasteiger partial charge in [0.2, 0.25) is 0 Å². The van der Waals surface area contributed by atoms with Crippen LogP contribution in [0.15, 0.2) is 0 Å². The summed E-state index contributed by atoms with van der Waals surface area (Å²) in [6, 6.07) is 0.868. The van der Waals surface area contributed by atoms with E-state index in [2.05, 4.69) is 28.8 Å². The zero-order valence-electron chi connectivity index (χ0n) is 12.3. The molecule has 102 valence electrons. The van der Waals surface area contributed by atoms with Crippen molar-refractivity contribution >= 4 is 0 Å². The van der Waals surface area contributed by atoms with Crippen LogP contribution in [0.1, 0.15) is 33.1 Å². The molecule has 3 nitrogen and oxygen atoms in total. The summed E-state index contributed by atoms with van der Waals surface area (Å²) in [6.45, 7) is 11.7. The minimum atomic E-state index is 0.868. The summed E-state index contributed by atoms with van der Waals surface area (Å²) in [5.41, 5.74) is 0. The first-order chi connectivity index (χ1) is 8.25. The Morgan fingerprint density at radius 2 is 1.29 bits per heavy atom. The number of piperidine rings is 1. The summed E-state index contributed by atoms with van der Waals surface area (Å²) in [6.07, 6.45) is 4.10. The molecule has 3 heteroatoms. The van der Waals surface area contributed by atoms with Gasteiger partial charge in [-0.05, 0) is 59.5 Å². The average molecular weight is 241 g/mol. The molecule has 0 spiro atoms. The molecule has 2 heterocycles. The molecule has 0 N–H and O–H groups in total. The zero-order chi connectivity index (χ0) is 12.7. The van der Waals surface area contributed by atoms with Crippen LogP contribution in [-0.2, 0) is 0 Å². The van der Waals surface area contributed by atoms with Gasteiger partial charge < -0.3 is 9.80 Å². The van der Waals surface area contributed by atoms with Crippen LogP contribution in [0.4, 0.5) is 0 Å². The number of likely N-dealkylation sites (tertiary alicyclic amines) is 1. The summed E-state index contributed by atoms with van der Waals surface area (Å²) in [7, 11) is 4.49. The Balaban J connectivity index is 0.000000686. The van der Waals surface area contributed by atoms with Crippen molar-refractivity contribution in [2.75, 3.05) is 53.4 Å². The van der Waals surface area contributed by atoms with Crippen LogP contribution in [0.2, 0.25) is 0 Å². The van der Waals surface area contributed by atoms with Gasteiger partial charge in [-0.25, -0.2) is 0 Å². The maximum absolute atomic E-state index is 2.73. The highest BCUT2D eigenvalue weighted by Gasteiger charge is 2.24. The first-order valence-electron chi connectivity index (χ1n) is 7.37. The fourth-order valence-corrected chi connectivity index (χ4v) is 2.79. The zero-order valence-corrected chi connectivity index (χ0v) is 12.3. The van der Waals surface area contributed by atoms with Crippen LogP contribution >= 0.6 is 0 Å². The maximum Gasteiger partial charge on any atom is 0.0120 e. The van der Waals surface area contributed by atoms with E-state index in [0.29, 0.717) is 0 Å². The van der Waals surface area contributed by atoms with E-state index >= 15 is 0 Å². The van der Waals surface area contributed by atoms with Gasteiger partial charge in [0.1, 0.15) is 0 Å². The van der Waals surface area contributed by atoms with Crippen LogP contribution in [0.3, 0.4) is 0 Å². The molecule has 0 bridgehead atoms. The summed E-state index contributed by atoms with van der Waals surface area (Å²) in [5, 5.41) is 0. The highest BCUT2D eigenvalue weighted by Crippen LogP contribution is 2.17. The van der Waals surface area contributed by atoms with Crippen molar-refractivity contribution in [2.45, 2.75) is 39.2 Å². The molecule has 0 aromatic carbocycles. The number of hydrogen-bond acceptors (Lipinski definition) is 3. The molecule has 0 saturated carbocycles. The van der Waals surface area contributed by atoms with Gasteiger partial charge in [0.15, 0.2) is 0 Å². The summed E-state index contributed by atoms with van der Waals surface area (Å²) in [5.74, 6) is 0. The normalized spacial score (nSPS) is 26.1. The SMILES string of the molecule is CC.CN1CCC(N2CCCN(C)CC2)CC1. The molecule has 0 aromatic rings. The lowest BCUT2D eigenvalue weighted by atomic mass is 10.0. The third-order valence-corrected chi connectivity index (χ3v) is 3.96. The second kappa shape index (κ2) is 8.06. The van der Waals surface area contributed by atoms with E-state index in [0.717, 1.165) is 6.04 Å². The minimum Gasteiger partial charge on any atom is -0.306 e. The fourth-order valence-electron chi connectivity index (χ4n) is 2.79. The van der Waals surface area contributed by atoms with Crippen molar-refractivity contribution in [2.24, 2.45) is 0 Å². The highest BCUT2D eigenvalue weighted by atomic mass is 15.2. The molecule has 0 atom stereocenters. The van der Waals surface area contributed by atoms with Gasteiger partial charge in [-0.2, -0.15) is 0 Å². The Labute approximate surface area is 108 Å². The van der Waals surface area contributed by atoms with Crippen molar-refractivity contribution in [1.82, 2.24) is 14.7 Å². The molecule has 0 unspecified atom stereocenters. The largest absolute Gasteiger partial charge is 0.306 e. The Morgan fingerprint density at radius 1 is 0.706 bits per heavy atom. The summed E-state index contributed by atoms with van der Waals surface area (Å²) >= 11 is 0. The molecule has 2 saturated heterocycles. The summed E-state index contributed by atoms with van der Waals surface area (Å²) < 4.78 is 0. The standard InChI is InChI=1S/C12H25N3.C2H6/c1-13-6-3-7-15(11-10-13)12-4-8-14(2)9-5-12;1-2/h12H,3-11H2,1-2H3;1-2H3. The minimum absolute atomic E-state index is 0.868. The molecule has 0 aliphatic carbocycles. The molecule has 0 radical (unpaired) electrons. The van der Waals surface area contributed by atoms with E-state index in [1.807, 2.05) is 13.8 Å². The van der Waals surface area contributed by atoms with Crippen molar-refractivity contribution < 1.29 is 0 Å². The first-order valence-corrected chi connectivity index (χ1v) is 7.37. The van der Waals surface area contributed by atoms with Gasteiger partial charge in [0.05, 0.1) is 0 Å². The fraction of sp³-hybridized carbons (Fsp3) is 1.00. The van der Waals surface area contributed by atoms with Gasteiger partial charge >= 0.3 is 0 Å². The second-order valence-corrected chi connectivity index (χ2v) is 5.23. The lowest BCUT2D eigenvalue weighted by Crippen LogP contribution is -2.45. The third-order valence-electron chi connectivity index (χ3n) is 3.96. The van der Waals surface area contributed by atoms with E-state index in [4.69, 9.17) is 0 Å². The Kier molecular flexibility index (Phi) is 7.09. The van der Waals surface area contributed by atoms with Crippen molar-refractivity contribution in [3.63, 3.8) is 0 Å². The monoisotopic (exact) mass is 241 g/mol. The maximum atomic E-state index is 2.73. The smallest absolute Gasteiger partial charge is 0.0120 e. The van der Waals surface area contributed by atoms with Crippen molar-refractivity contribution in [3.8, 4) is 0 Å². The lowest BCUT2D eigenvalue weighted by molar-refractivity contribution is 0.124. The average Bonchev–Trinajstić information content (AvgIpc) is 2.58. The Bertz CT molecular complexity index is 188. The third kappa shape index (κ3) is 4.94. The number of nitrogens with zero attached hydrogens (tertiary/aromatic N) is 3. The Hall–Kier alpha value is -0.120. The van der Waals surface area contributed by atoms with Crippen LogP contribution in [0.25, 0.3) is 0 Å². The molecule has 2 rings (SSSR count). The van der Waals surface area contributed by atoms with E-state index in [9.17, 15) is 0 Å². The van der Waals surface area contributed by atoms with E-state index < -0.39 is 0 Å². The van der Waals surface area contributed by atoms with E-state index in [1.165, 1.54) is 58.5 Å². The second-order valence-electron chi connectivity index (χ2n) is 5.23. The molecule has 2 fully saturated rings. The number of rotatable bonds is 1. The molecule has 17 heavy (non-hydrogen) atoms. The first kappa shape index (κ1) is 14.9. The van der Waals surface area contributed by atoms with Crippen LogP contribution in [-0.4, -0.2) is 74.1 Å². The highest BCUT2D eigenvalue weighted by molar-refractivity contribution is 4.80. The molecular formula is C14H31N3. The Morgan fingerprint density at radius 3 is 1.94 bits per heavy atom. The quantitative estimate of drug-likeness (QED) is 0.692. The van der Waals surface area contributed by atoms with Crippen LogP contribution in [0.5, 0.6) is 0 Å². The number of likely N-dealkylation sites (N-methyl/N-ethyl adjacent to an activating group) is 1. The molecule has 2 aliphatic heterocycles. The van der Waals surface area contributed by atoms with Crippen molar-refractivity contribution in [3.05, 3.63) is 0 Å². The number of hydrogen-bond donors (Lipinski definition) is 0. The van der Waals surface area contributed by atoms with Gasteiger partial charge in [-0.15, -0.1) is 0 Å². The lowest BCUT2D eigenvalue weighted by Gasteiger charge is -2.36. The van der Waals surface area contributed by atoms with Crippen molar-refractivity contribution in [1.29, 1.82) is 0 Å². The predicted molar refractivity (Wildman–Crippen MR) is 75.6 cm³/mol.